The van der Waals surface area contributed by atoms with Gasteiger partial charge >= 0.3 is 0 Å². The number of aryl methyl sites for hydroxylation is 1. The van der Waals surface area contributed by atoms with E-state index >= 15 is 0 Å². The molecule has 0 radical (unpaired) electrons. The highest BCUT2D eigenvalue weighted by atomic mass is 35.5. The lowest BCUT2D eigenvalue weighted by atomic mass is 9.82. The molecule has 2 rings (SSSR count). The minimum absolute atomic E-state index is 0.183. The zero-order chi connectivity index (χ0) is 13.1. The van der Waals surface area contributed by atoms with Crippen LogP contribution in [0, 0.1) is 12.8 Å². The number of hydrogen-bond donors (Lipinski definition) is 1. The third-order valence-electron chi connectivity index (χ3n) is 3.80. The maximum absolute atomic E-state index is 12.2. The summed E-state index contributed by atoms with van der Waals surface area (Å²) in [5.41, 5.74) is 7.93. The topological polar surface area (TPSA) is 43.1 Å². The number of Topliss-reactive ketones (excluding diaryl/α,β-unsaturated/α-hetero) is 1. The van der Waals surface area contributed by atoms with E-state index in [-0.39, 0.29) is 12.0 Å². The number of carbonyl (C=O) groups excluding carboxylic acids is 1. The zero-order valence-corrected chi connectivity index (χ0v) is 11.5. The van der Waals surface area contributed by atoms with Crippen molar-refractivity contribution in [1.82, 2.24) is 0 Å². The number of rotatable bonds is 3. The lowest BCUT2D eigenvalue weighted by molar-refractivity contribution is -0.123. The van der Waals surface area contributed by atoms with Crippen molar-refractivity contribution in [3.05, 3.63) is 34.3 Å². The summed E-state index contributed by atoms with van der Waals surface area (Å²) in [7, 11) is 0. The van der Waals surface area contributed by atoms with E-state index in [2.05, 4.69) is 0 Å². The largest absolute Gasteiger partial charge is 0.328 e. The highest BCUT2D eigenvalue weighted by Gasteiger charge is 2.24. The fourth-order valence-corrected chi connectivity index (χ4v) is 2.87. The Kier molecular flexibility index (Phi) is 4.41. The normalized spacial score (nSPS) is 23.9. The number of benzene rings is 1. The first-order chi connectivity index (χ1) is 8.56. The number of halogens is 1. The van der Waals surface area contributed by atoms with Crippen LogP contribution in [0.25, 0.3) is 0 Å². The average Bonchev–Trinajstić information content (AvgIpc) is 2.33. The van der Waals surface area contributed by atoms with Gasteiger partial charge < -0.3 is 5.73 Å². The van der Waals surface area contributed by atoms with Crippen LogP contribution in [0.4, 0.5) is 0 Å². The fourth-order valence-electron chi connectivity index (χ4n) is 2.57. The highest BCUT2D eigenvalue weighted by Crippen LogP contribution is 2.26. The van der Waals surface area contributed by atoms with Gasteiger partial charge in [-0.05, 0) is 49.8 Å². The Morgan fingerprint density at radius 1 is 1.33 bits per heavy atom. The Morgan fingerprint density at radius 2 is 2.00 bits per heavy atom. The van der Waals surface area contributed by atoms with Gasteiger partial charge in [0.05, 0.1) is 0 Å². The van der Waals surface area contributed by atoms with E-state index in [0.29, 0.717) is 17.2 Å². The third kappa shape index (κ3) is 3.33. The van der Waals surface area contributed by atoms with Crippen LogP contribution in [0.3, 0.4) is 0 Å². The Balaban J connectivity index is 1.98. The lowest BCUT2D eigenvalue weighted by Gasteiger charge is -2.25. The van der Waals surface area contributed by atoms with E-state index in [1.165, 1.54) is 0 Å². The van der Waals surface area contributed by atoms with E-state index in [1.54, 1.807) is 0 Å². The quantitative estimate of drug-likeness (QED) is 0.911. The number of ketones is 1. The number of nitrogens with two attached hydrogens (primary N) is 1. The lowest BCUT2D eigenvalue weighted by Crippen LogP contribution is -2.30. The van der Waals surface area contributed by atoms with Gasteiger partial charge in [-0.15, -0.1) is 0 Å². The van der Waals surface area contributed by atoms with Gasteiger partial charge in [-0.1, -0.05) is 23.7 Å². The standard InChI is InChI=1S/C15H20ClNO/c1-10-2-3-12(14(16)8-10)9-15(18)11-4-6-13(17)7-5-11/h2-3,8,11,13H,4-7,9,17H2,1H3. The smallest absolute Gasteiger partial charge is 0.140 e. The molecule has 98 valence electrons. The first-order valence-electron chi connectivity index (χ1n) is 6.59. The molecule has 1 aromatic carbocycles. The predicted molar refractivity (Wildman–Crippen MR) is 74.8 cm³/mol. The molecule has 0 saturated heterocycles. The second-order valence-electron chi connectivity index (χ2n) is 5.35. The average molecular weight is 266 g/mol. The molecule has 1 fully saturated rings. The van der Waals surface area contributed by atoms with Gasteiger partial charge in [-0.25, -0.2) is 0 Å². The van der Waals surface area contributed by atoms with Crippen molar-refractivity contribution in [2.45, 2.75) is 45.1 Å². The molecule has 1 aromatic rings. The van der Waals surface area contributed by atoms with Crippen molar-refractivity contribution in [1.29, 1.82) is 0 Å². The van der Waals surface area contributed by atoms with Crippen LogP contribution in [-0.2, 0) is 11.2 Å². The Hall–Kier alpha value is -0.860. The van der Waals surface area contributed by atoms with Crippen molar-refractivity contribution in [2.75, 3.05) is 0 Å². The molecule has 2 nitrogen and oxygen atoms in total. The van der Waals surface area contributed by atoms with E-state index in [0.717, 1.165) is 36.8 Å². The molecule has 0 heterocycles. The Bertz CT molecular complexity index is 436. The van der Waals surface area contributed by atoms with Crippen molar-refractivity contribution in [3.63, 3.8) is 0 Å². The summed E-state index contributed by atoms with van der Waals surface area (Å²) in [6.45, 7) is 2.00. The second kappa shape index (κ2) is 5.85. The molecule has 1 aliphatic rings. The Morgan fingerprint density at radius 3 is 2.61 bits per heavy atom. The van der Waals surface area contributed by atoms with E-state index < -0.39 is 0 Å². The van der Waals surface area contributed by atoms with Crippen molar-refractivity contribution in [3.8, 4) is 0 Å². The van der Waals surface area contributed by atoms with Gasteiger partial charge in [0, 0.05) is 23.4 Å². The minimum Gasteiger partial charge on any atom is -0.328 e. The van der Waals surface area contributed by atoms with E-state index in [1.807, 2.05) is 25.1 Å². The molecule has 1 aliphatic carbocycles. The van der Waals surface area contributed by atoms with Gasteiger partial charge in [0.25, 0.3) is 0 Å². The summed E-state index contributed by atoms with van der Waals surface area (Å²) in [5.74, 6) is 0.495. The van der Waals surface area contributed by atoms with E-state index in [9.17, 15) is 4.79 Å². The van der Waals surface area contributed by atoms with Crippen LogP contribution >= 0.6 is 11.6 Å². The third-order valence-corrected chi connectivity index (χ3v) is 4.15. The summed E-state index contributed by atoms with van der Waals surface area (Å²) in [5, 5.41) is 0.705. The monoisotopic (exact) mass is 265 g/mol. The minimum atomic E-state index is 0.183. The van der Waals surface area contributed by atoms with Crippen LogP contribution in [0.5, 0.6) is 0 Å². The van der Waals surface area contributed by atoms with Crippen molar-refractivity contribution >= 4 is 17.4 Å². The molecular formula is C15H20ClNO. The van der Waals surface area contributed by atoms with Crippen molar-refractivity contribution < 1.29 is 4.79 Å². The van der Waals surface area contributed by atoms with Crippen LogP contribution in [0.2, 0.25) is 5.02 Å². The van der Waals surface area contributed by atoms with Crippen LogP contribution in [0.1, 0.15) is 36.8 Å². The van der Waals surface area contributed by atoms with Gasteiger partial charge in [0.1, 0.15) is 5.78 Å². The first-order valence-corrected chi connectivity index (χ1v) is 6.97. The van der Waals surface area contributed by atoms with Gasteiger partial charge in [-0.2, -0.15) is 0 Å². The summed E-state index contributed by atoms with van der Waals surface area (Å²) >= 11 is 6.16. The second-order valence-corrected chi connectivity index (χ2v) is 5.76. The number of carbonyl (C=O) groups is 1. The molecule has 0 amide bonds. The van der Waals surface area contributed by atoms with Crippen molar-refractivity contribution in [2.24, 2.45) is 11.7 Å². The summed E-state index contributed by atoms with van der Waals surface area (Å²) in [4.78, 5) is 12.2. The fraction of sp³-hybridized carbons (Fsp3) is 0.533. The molecule has 1 saturated carbocycles. The van der Waals surface area contributed by atoms with Gasteiger partial charge in [0.15, 0.2) is 0 Å². The maximum atomic E-state index is 12.2. The van der Waals surface area contributed by atoms with E-state index in [4.69, 9.17) is 17.3 Å². The molecule has 0 aliphatic heterocycles. The van der Waals surface area contributed by atoms with Gasteiger partial charge in [-0.3, -0.25) is 4.79 Å². The summed E-state index contributed by atoms with van der Waals surface area (Å²) in [6, 6.07) is 6.17. The molecule has 0 spiro atoms. The first kappa shape index (κ1) is 13.6. The van der Waals surface area contributed by atoms with Crippen LogP contribution in [-0.4, -0.2) is 11.8 Å². The summed E-state index contributed by atoms with van der Waals surface area (Å²) < 4.78 is 0. The molecule has 0 atom stereocenters. The molecule has 2 N–H and O–H groups in total. The number of hydrogen-bond acceptors (Lipinski definition) is 2. The molecule has 18 heavy (non-hydrogen) atoms. The Labute approximate surface area is 114 Å². The molecule has 3 heteroatoms. The molecule has 0 bridgehead atoms. The highest BCUT2D eigenvalue weighted by molar-refractivity contribution is 6.31. The molecule has 0 aromatic heterocycles. The molecular weight excluding hydrogens is 246 g/mol. The van der Waals surface area contributed by atoms with Gasteiger partial charge in [0.2, 0.25) is 0 Å². The maximum Gasteiger partial charge on any atom is 0.140 e. The summed E-state index contributed by atoms with van der Waals surface area (Å²) in [6.07, 6.45) is 4.27. The zero-order valence-electron chi connectivity index (χ0n) is 10.8. The predicted octanol–water partition coefficient (Wildman–Crippen LogP) is 3.28. The van der Waals surface area contributed by atoms with Crippen LogP contribution < -0.4 is 5.73 Å². The SMILES string of the molecule is Cc1ccc(CC(=O)C2CCC(N)CC2)c(Cl)c1. The molecule has 0 unspecified atom stereocenters. The van der Waals surface area contributed by atoms with Crippen LogP contribution in [0.15, 0.2) is 18.2 Å².